The van der Waals surface area contributed by atoms with Gasteiger partial charge >= 0.3 is 0 Å². The van der Waals surface area contributed by atoms with Gasteiger partial charge in [-0.15, -0.1) is 0 Å². The highest BCUT2D eigenvalue weighted by atomic mass is 16.2. The standard InChI is InChI=1S/C15H25N5O2/c1-10-5-12(16)20(18-10)8-13(21)17-11-6-14(22)19(7-11)9-15(2,3)4/h5,11H,6-9,16H2,1-4H3,(H,17,21)/t11-/m0/s1. The number of amides is 2. The highest BCUT2D eigenvalue weighted by Gasteiger charge is 2.32. The van der Waals surface area contributed by atoms with Crippen LogP contribution in [0.4, 0.5) is 5.82 Å². The molecule has 0 aromatic carbocycles. The van der Waals surface area contributed by atoms with Crippen molar-refractivity contribution in [3.05, 3.63) is 11.8 Å². The fraction of sp³-hybridized carbons (Fsp3) is 0.667. The molecule has 0 aliphatic carbocycles. The van der Waals surface area contributed by atoms with Crippen LogP contribution >= 0.6 is 0 Å². The maximum absolute atomic E-state index is 12.1. The van der Waals surface area contributed by atoms with Crippen LogP contribution in [0.2, 0.25) is 0 Å². The van der Waals surface area contributed by atoms with E-state index in [1.54, 1.807) is 6.07 Å². The molecule has 0 saturated carbocycles. The number of anilines is 1. The SMILES string of the molecule is Cc1cc(N)n(CC(=O)N[C@H]2CC(=O)N(CC(C)(C)C)C2)n1. The van der Waals surface area contributed by atoms with E-state index in [0.717, 1.165) is 5.69 Å². The maximum Gasteiger partial charge on any atom is 0.242 e. The average Bonchev–Trinajstić information content (AvgIpc) is 2.80. The second kappa shape index (κ2) is 5.98. The van der Waals surface area contributed by atoms with Crippen molar-refractivity contribution >= 4 is 17.6 Å². The lowest BCUT2D eigenvalue weighted by Crippen LogP contribution is -2.40. The molecule has 2 heterocycles. The Balaban J connectivity index is 1.88. The number of aryl methyl sites for hydroxylation is 1. The van der Waals surface area contributed by atoms with E-state index in [0.29, 0.717) is 25.3 Å². The Morgan fingerprint density at radius 1 is 1.50 bits per heavy atom. The quantitative estimate of drug-likeness (QED) is 0.849. The van der Waals surface area contributed by atoms with Gasteiger partial charge < -0.3 is 16.0 Å². The summed E-state index contributed by atoms with van der Waals surface area (Å²) < 4.78 is 1.47. The molecule has 2 amide bonds. The number of likely N-dealkylation sites (tertiary alicyclic amines) is 1. The fourth-order valence-electron chi connectivity index (χ4n) is 2.70. The monoisotopic (exact) mass is 307 g/mol. The van der Waals surface area contributed by atoms with Gasteiger partial charge in [-0.05, 0) is 12.3 Å². The third kappa shape index (κ3) is 4.22. The average molecular weight is 307 g/mol. The van der Waals surface area contributed by atoms with Crippen molar-refractivity contribution in [2.75, 3.05) is 18.8 Å². The predicted molar refractivity (Wildman–Crippen MR) is 84.0 cm³/mol. The van der Waals surface area contributed by atoms with Gasteiger partial charge in [-0.3, -0.25) is 9.59 Å². The molecule has 3 N–H and O–H groups in total. The van der Waals surface area contributed by atoms with E-state index in [-0.39, 0.29) is 29.8 Å². The third-order valence-electron chi connectivity index (χ3n) is 3.47. The molecule has 0 radical (unpaired) electrons. The predicted octanol–water partition coefficient (Wildman–Crippen LogP) is 0.537. The molecule has 0 bridgehead atoms. The molecule has 22 heavy (non-hydrogen) atoms. The summed E-state index contributed by atoms with van der Waals surface area (Å²) in [5, 5.41) is 7.05. The number of hydrogen-bond acceptors (Lipinski definition) is 4. The molecule has 1 aliphatic heterocycles. The van der Waals surface area contributed by atoms with Gasteiger partial charge in [0, 0.05) is 25.6 Å². The number of carbonyl (C=O) groups excluding carboxylic acids is 2. The first-order chi connectivity index (χ1) is 10.1. The number of nitrogens with two attached hydrogens (primary N) is 1. The minimum absolute atomic E-state index is 0.0512. The van der Waals surface area contributed by atoms with E-state index in [9.17, 15) is 9.59 Å². The second-order valence-electron chi connectivity index (χ2n) is 7.17. The van der Waals surface area contributed by atoms with Crippen LogP contribution in [0.3, 0.4) is 0 Å². The Kier molecular flexibility index (Phi) is 4.44. The summed E-state index contributed by atoms with van der Waals surface area (Å²) in [6.45, 7) is 9.44. The van der Waals surface area contributed by atoms with Gasteiger partial charge in [0.25, 0.3) is 0 Å². The molecule has 0 unspecified atom stereocenters. The van der Waals surface area contributed by atoms with E-state index in [2.05, 4.69) is 31.2 Å². The second-order valence-corrected chi connectivity index (χ2v) is 7.17. The van der Waals surface area contributed by atoms with Gasteiger partial charge in [-0.2, -0.15) is 5.10 Å². The number of nitrogens with zero attached hydrogens (tertiary/aromatic N) is 3. The van der Waals surface area contributed by atoms with Crippen molar-refractivity contribution < 1.29 is 9.59 Å². The molecule has 7 heteroatoms. The molecule has 0 spiro atoms. The molecule has 1 fully saturated rings. The Morgan fingerprint density at radius 2 is 2.18 bits per heavy atom. The van der Waals surface area contributed by atoms with Crippen molar-refractivity contribution in [2.45, 2.75) is 46.7 Å². The molecule has 1 saturated heterocycles. The van der Waals surface area contributed by atoms with Gasteiger partial charge in [-0.25, -0.2) is 4.68 Å². The van der Waals surface area contributed by atoms with Gasteiger partial charge in [0.15, 0.2) is 0 Å². The summed E-state index contributed by atoms with van der Waals surface area (Å²) in [5.74, 6) is 0.379. The number of hydrogen-bond donors (Lipinski definition) is 2. The molecular formula is C15H25N5O2. The third-order valence-corrected chi connectivity index (χ3v) is 3.47. The van der Waals surface area contributed by atoms with E-state index >= 15 is 0 Å². The smallest absolute Gasteiger partial charge is 0.242 e. The van der Waals surface area contributed by atoms with Crippen LogP contribution in [-0.4, -0.2) is 45.6 Å². The Morgan fingerprint density at radius 3 is 2.73 bits per heavy atom. The first-order valence-corrected chi connectivity index (χ1v) is 7.51. The summed E-state index contributed by atoms with van der Waals surface area (Å²) in [4.78, 5) is 25.9. The van der Waals surface area contributed by atoms with Crippen LogP contribution in [0.5, 0.6) is 0 Å². The van der Waals surface area contributed by atoms with Crippen LogP contribution in [0, 0.1) is 12.3 Å². The Labute approximate surface area is 130 Å². The molecule has 2 rings (SSSR count). The van der Waals surface area contributed by atoms with Crippen molar-refractivity contribution in [1.29, 1.82) is 0 Å². The topological polar surface area (TPSA) is 93.2 Å². The van der Waals surface area contributed by atoms with Gasteiger partial charge in [-0.1, -0.05) is 20.8 Å². The molecular weight excluding hydrogens is 282 g/mol. The van der Waals surface area contributed by atoms with Crippen molar-refractivity contribution in [1.82, 2.24) is 20.0 Å². The summed E-state index contributed by atoms with van der Waals surface area (Å²) in [5.41, 5.74) is 6.60. The Bertz CT molecular complexity index is 573. The molecule has 122 valence electrons. The zero-order chi connectivity index (χ0) is 16.5. The lowest BCUT2D eigenvalue weighted by atomic mass is 9.96. The highest BCUT2D eigenvalue weighted by molar-refractivity contribution is 5.82. The number of nitrogens with one attached hydrogen (secondary N) is 1. The first kappa shape index (κ1) is 16.3. The van der Waals surface area contributed by atoms with E-state index in [4.69, 9.17) is 5.73 Å². The van der Waals surface area contributed by atoms with Crippen molar-refractivity contribution in [3.63, 3.8) is 0 Å². The van der Waals surface area contributed by atoms with Crippen LogP contribution in [0.15, 0.2) is 6.07 Å². The van der Waals surface area contributed by atoms with E-state index < -0.39 is 0 Å². The number of aromatic nitrogens is 2. The molecule has 1 aromatic heterocycles. The molecule has 7 nitrogen and oxygen atoms in total. The van der Waals surface area contributed by atoms with Gasteiger partial charge in [0.1, 0.15) is 12.4 Å². The number of nitrogen functional groups attached to an aromatic ring is 1. The lowest BCUT2D eigenvalue weighted by molar-refractivity contribution is -0.128. The molecule has 1 aromatic rings. The zero-order valence-corrected chi connectivity index (χ0v) is 13.7. The van der Waals surface area contributed by atoms with Crippen LogP contribution in [0.25, 0.3) is 0 Å². The summed E-state index contributed by atoms with van der Waals surface area (Å²) >= 11 is 0. The Hall–Kier alpha value is -2.05. The summed E-state index contributed by atoms with van der Waals surface area (Å²) in [7, 11) is 0. The van der Waals surface area contributed by atoms with Gasteiger partial charge in [0.05, 0.1) is 11.7 Å². The van der Waals surface area contributed by atoms with Crippen LogP contribution in [0.1, 0.15) is 32.9 Å². The first-order valence-electron chi connectivity index (χ1n) is 7.51. The minimum atomic E-state index is -0.176. The zero-order valence-electron chi connectivity index (χ0n) is 13.7. The largest absolute Gasteiger partial charge is 0.384 e. The number of rotatable bonds is 4. The van der Waals surface area contributed by atoms with Crippen LogP contribution < -0.4 is 11.1 Å². The van der Waals surface area contributed by atoms with E-state index in [1.165, 1.54) is 4.68 Å². The lowest BCUT2D eigenvalue weighted by Gasteiger charge is -2.26. The van der Waals surface area contributed by atoms with E-state index in [1.807, 2.05) is 11.8 Å². The maximum atomic E-state index is 12.1. The molecule has 1 atom stereocenters. The summed E-state index contributed by atoms with van der Waals surface area (Å²) in [6, 6.07) is 1.58. The fourth-order valence-corrected chi connectivity index (χ4v) is 2.70. The van der Waals surface area contributed by atoms with Crippen molar-refractivity contribution in [2.24, 2.45) is 5.41 Å². The van der Waals surface area contributed by atoms with Crippen molar-refractivity contribution in [3.8, 4) is 0 Å². The highest BCUT2D eigenvalue weighted by Crippen LogP contribution is 2.20. The normalized spacial score (nSPS) is 18.8. The molecule has 1 aliphatic rings. The summed E-state index contributed by atoms with van der Waals surface area (Å²) in [6.07, 6.45) is 0.357. The minimum Gasteiger partial charge on any atom is -0.384 e. The van der Waals surface area contributed by atoms with Gasteiger partial charge in [0.2, 0.25) is 11.8 Å². The van der Waals surface area contributed by atoms with Crippen LogP contribution in [-0.2, 0) is 16.1 Å². The number of carbonyl (C=O) groups is 2.